The predicted octanol–water partition coefficient (Wildman–Crippen LogP) is 2.96. The number of carbonyl (C=O) groups excluding carboxylic acids is 1. The Balaban J connectivity index is 1.53. The fraction of sp³-hybridized carbons (Fsp3) is 0.381. The van der Waals surface area contributed by atoms with Gasteiger partial charge in [0.15, 0.2) is 5.65 Å². The van der Waals surface area contributed by atoms with Gasteiger partial charge in [-0.1, -0.05) is 18.2 Å². The van der Waals surface area contributed by atoms with E-state index < -0.39 is 0 Å². The summed E-state index contributed by atoms with van der Waals surface area (Å²) in [5, 5.41) is 8.37. The van der Waals surface area contributed by atoms with E-state index in [0.717, 1.165) is 41.0 Å². The molecule has 1 amide bonds. The van der Waals surface area contributed by atoms with Crippen molar-refractivity contribution in [2.75, 3.05) is 13.2 Å². The summed E-state index contributed by atoms with van der Waals surface area (Å²) in [6, 6.07) is 9.99. The van der Waals surface area contributed by atoms with Crippen LogP contribution >= 0.6 is 0 Å². The molecule has 6 nitrogen and oxygen atoms in total. The molecule has 0 saturated heterocycles. The van der Waals surface area contributed by atoms with Crippen LogP contribution in [0.15, 0.2) is 30.3 Å². The summed E-state index contributed by atoms with van der Waals surface area (Å²) in [7, 11) is 1.85. The van der Waals surface area contributed by atoms with E-state index in [1.54, 1.807) is 4.68 Å². The van der Waals surface area contributed by atoms with E-state index in [4.69, 9.17) is 4.74 Å². The lowest BCUT2D eigenvalue weighted by Crippen LogP contribution is -2.30. The molecule has 1 aromatic carbocycles. The van der Waals surface area contributed by atoms with Gasteiger partial charge in [0.05, 0.1) is 23.3 Å². The molecule has 4 rings (SSSR count). The molecule has 1 N–H and O–H groups in total. The quantitative estimate of drug-likeness (QED) is 0.776. The summed E-state index contributed by atoms with van der Waals surface area (Å²) in [6.07, 6.45) is 1.83. The average molecular weight is 364 g/mol. The third-order valence-corrected chi connectivity index (χ3v) is 5.16. The molecule has 1 atom stereocenters. The van der Waals surface area contributed by atoms with E-state index in [0.29, 0.717) is 24.6 Å². The van der Waals surface area contributed by atoms with E-state index in [9.17, 15) is 4.79 Å². The number of para-hydroxylation sites is 1. The molecule has 0 aliphatic carbocycles. The number of hydrogen-bond donors (Lipinski definition) is 1. The van der Waals surface area contributed by atoms with Crippen molar-refractivity contribution in [2.45, 2.75) is 26.7 Å². The zero-order valence-corrected chi connectivity index (χ0v) is 16.0. The molecule has 27 heavy (non-hydrogen) atoms. The summed E-state index contributed by atoms with van der Waals surface area (Å²) in [5.41, 5.74) is 4.23. The molecule has 3 heterocycles. The van der Waals surface area contributed by atoms with Crippen LogP contribution in [0.5, 0.6) is 5.75 Å². The van der Waals surface area contributed by atoms with Crippen molar-refractivity contribution in [1.82, 2.24) is 20.1 Å². The van der Waals surface area contributed by atoms with Gasteiger partial charge in [0.1, 0.15) is 5.75 Å². The first kappa shape index (κ1) is 17.5. The molecule has 140 valence electrons. The Hall–Kier alpha value is -2.89. The van der Waals surface area contributed by atoms with Crippen molar-refractivity contribution >= 4 is 16.9 Å². The summed E-state index contributed by atoms with van der Waals surface area (Å²) in [6.45, 7) is 5.12. The number of ether oxygens (including phenoxy) is 1. The van der Waals surface area contributed by atoms with E-state index in [1.807, 2.05) is 45.2 Å². The van der Waals surface area contributed by atoms with Gasteiger partial charge in [-0.25, -0.2) is 4.98 Å². The van der Waals surface area contributed by atoms with Gasteiger partial charge in [0.25, 0.3) is 5.91 Å². The molecule has 0 spiro atoms. The summed E-state index contributed by atoms with van der Waals surface area (Å²) < 4.78 is 7.56. The molecular formula is C21H24N4O2. The Morgan fingerprint density at radius 1 is 1.33 bits per heavy atom. The van der Waals surface area contributed by atoms with Crippen LogP contribution in [0.4, 0.5) is 0 Å². The van der Waals surface area contributed by atoms with Crippen LogP contribution < -0.4 is 10.1 Å². The lowest BCUT2D eigenvalue weighted by molar-refractivity contribution is 0.0947. The average Bonchev–Trinajstić information content (AvgIpc) is 2.83. The second kappa shape index (κ2) is 7.02. The van der Waals surface area contributed by atoms with Gasteiger partial charge >= 0.3 is 0 Å². The minimum atomic E-state index is -0.0694. The van der Waals surface area contributed by atoms with Crippen LogP contribution in [0.1, 0.15) is 33.7 Å². The molecule has 1 unspecified atom stereocenters. The molecule has 6 heteroatoms. The Labute approximate surface area is 158 Å². The van der Waals surface area contributed by atoms with Crippen LogP contribution in [0.2, 0.25) is 0 Å². The highest BCUT2D eigenvalue weighted by Crippen LogP contribution is 2.26. The number of nitrogens with one attached hydrogen (secondary N) is 1. The van der Waals surface area contributed by atoms with E-state index in [-0.39, 0.29) is 5.91 Å². The van der Waals surface area contributed by atoms with Crippen LogP contribution in [0.25, 0.3) is 11.0 Å². The fourth-order valence-corrected chi connectivity index (χ4v) is 3.82. The van der Waals surface area contributed by atoms with E-state index in [2.05, 4.69) is 21.5 Å². The second-order valence-electron chi connectivity index (χ2n) is 7.24. The zero-order valence-electron chi connectivity index (χ0n) is 16.0. The zero-order chi connectivity index (χ0) is 19.0. The first-order valence-corrected chi connectivity index (χ1v) is 9.33. The van der Waals surface area contributed by atoms with Crippen molar-refractivity contribution in [2.24, 2.45) is 13.0 Å². The maximum Gasteiger partial charge on any atom is 0.252 e. The van der Waals surface area contributed by atoms with Crippen molar-refractivity contribution in [3.63, 3.8) is 0 Å². The fourth-order valence-electron chi connectivity index (χ4n) is 3.82. The number of benzene rings is 1. The Kier molecular flexibility index (Phi) is 4.56. The van der Waals surface area contributed by atoms with Gasteiger partial charge in [0.2, 0.25) is 0 Å². The number of hydrogen-bond acceptors (Lipinski definition) is 4. The van der Waals surface area contributed by atoms with Crippen LogP contribution in [-0.4, -0.2) is 33.8 Å². The normalized spacial score (nSPS) is 16.5. The van der Waals surface area contributed by atoms with Gasteiger partial charge in [-0.2, -0.15) is 5.10 Å². The van der Waals surface area contributed by atoms with Crippen LogP contribution in [0, 0.1) is 19.8 Å². The molecule has 0 bridgehead atoms. The predicted molar refractivity (Wildman–Crippen MR) is 104 cm³/mol. The van der Waals surface area contributed by atoms with Crippen molar-refractivity contribution in [3.05, 3.63) is 52.8 Å². The summed E-state index contributed by atoms with van der Waals surface area (Å²) in [5.74, 6) is 1.25. The van der Waals surface area contributed by atoms with Gasteiger partial charge in [-0.05, 0) is 50.3 Å². The lowest BCUT2D eigenvalue weighted by Gasteiger charge is -2.15. The van der Waals surface area contributed by atoms with Crippen molar-refractivity contribution in [3.8, 4) is 5.75 Å². The molecular weight excluding hydrogens is 340 g/mol. The number of aryl methyl sites for hydroxylation is 3. The minimum Gasteiger partial charge on any atom is -0.493 e. The first-order valence-electron chi connectivity index (χ1n) is 9.33. The Morgan fingerprint density at radius 3 is 3.00 bits per heavy atom. The lowest BCUT2D eigenvalue weighted by atomic mass is 9.96. The standard InChI is InChI=1S/C21H24N4O2/c1-13-10-17(19-14(2)24-25(3)20(19)23-13)21(26)22-12-15-8-9-27-18-7-5-4-6-16(18)11-15/h4-7,10,15H,8-9,11-12H2,1-3H3,(H,22,26). The second-order valence-corrected chi connectivity index (χ2v) is 7.24. The Bertz CT molecular complexity index is 1010. The van der Waals surface area contributed by atoms with Gasteiger partial charge in [-0.3, -0.25) is 9.48 Å². The SMILES string of the molecule is Cc1cc(C(=O)NCC2CCOc3ccccc3C2)c2c(C)nn(C)c2n1. The van der Waals surface area contributed by atoms with Crippen LogP contribution in [0.3, 0.4) is 0 Å². The van der Waals surface area contributed by atoms with E-state index in [1.165, 1.54) is 5.56 Å². The number of nitrogens with zero attached hydrogens (tertiary/aromatic N) is 3. The molecule has 1 aliphatic heterocycles. The summed E-state index contributed by atoms with van der Waals surface area (Å²) >= 11 is 0. The highest BCUT2D eigenvalue weighted by molar-refractivity contribution is 6.06. The van der Waals surface area contributed by atoms with Crippen LogP contribution in [-0.2, 0) is 13.5 Å². The monoisotopic (exact) mass is 364 g/mol. The van der Waals surface area contributed by atoms with Crippen molar-refractivity contribution < 1.29 is 9.53 Å². The topological polar surface area (TPSA) is 69.0 Å². The van der Waals surface area contributed by atoms with E-state index >= 15 is 0 Å². The minimum absolute atomic E-state index is 0.0694. The number of rotatable bonds is 3. The Morgan fingerprint density at radius 2 is 2.15 bits per heavy atom. The third-order valence-electron chi connectivity index (χ3n) is 5.16. The first-order chi connectivity index (χ1) is 13.0. The molecule has 0 fully saturated rings. The van der Waals surface area contributed by atoms with Gasteiger partial charge < -0.3 is 10.1 Å². The largest absolute Gasteiger partial charge is 0.493 e. The number of carbonyl (C=O) groups is 1. The number of amides is 1. The van der Waals surface area contributed by atoms with Crippen molar-refractivity contribution in [1.29, 1.82) is 0 Å². The number of aromatic nitrogens is 3. The molecule has 3 aromatic rings. The number of pyridine rings is 1. The van der Waals surface area contributed by atoms with Gasteiger partial charge in [-0.15, -0.1) is 0 Å². The number of fused-ring (bicyclic) bond motifs is 2. The highest BCUT2D eigenvalue weighted by Gasteiger charge is 2.21. The molecule has 1 aliphatic rings. The molecule has 2 aromatic heterocycles. The highest BCUT2D eigenvalue weighted by atomic mass is 16.5. The maximum absolute atomic E-state index is 12.9. The smallest absolute Gasteiger partial charge is 0.252 e. The summed E-state index contributed by atoms with van der Waals surface area (Å²) in [4.78, 5) is 17.5. The molecule has 0 saturated carbocycles. The maximum atomic E-state index is 12.9. The third kappa shape index (κ3) is 3.39. The molecule has 0 radical (unpaired) electrons. The van der Waals surface area contributed by atoms with Gasteiger partial charge in [0, 0.05) is 19.3 Å².